The fourth-order valence-electron chi connectivity index (χ4n) is 3.67. The molecule has 3 heterocycles. The second-order valence-corrected chi connectivity index (χ2v) is 9.14. The van der Waals surface area contributed by atoms with Gasteiger partial charge in [-0.15, -0.1) is 11.3 Å². The molecule has 3 aromatic heterocycles. The van der Waals surface area contributed by atoms with Crippen molar-refractivity contribution in [3.63, 3.8) is 0 Å². The van der Waals surface area contributed by atoms with Crippen molar-refractivity contribution in [2.24, 2.45) is 5.92 Å². The van der Waals surface area contributed by atoms with Crippen LogP contribution in [0.3, 0.4) is 0 Å². The molecule has 2 aliphatic carbocycles. The zero-order valence-corrected chi connectivity index (χ0v) is 16.1. The van der Waals surface area contributed by atoms with Crippen LogP contribution < -0.4 is 16.9 Å². The first-order valence-corrected chi connectivity index (χ1v) is 10.1. The van der Waals surface area contributed by atoms with Gasteiger partial charge in [0.15, 0.2) is 0 Å². The minimum absolute atomic E-state index is 0.191. The van der Waals surface area contributed by atoms with Crippen LogP contribution in [0.4, 0.5) is 0 Å². The average Bonchev–Trinajstić information content (AvgIpc) is 3.51. The van der Waals surface area contributed by atoms with E-state index in [-0.39, 0.29) is 22.5 Å². The van der Waals surface area contributed by atoms with Crippen LogP contribution in [0, 0.1) is 12.8 Å². The Labute approximate surface area is 158 Å². The monoisotopic (exact) mass is 387 g/mol. The molecule has 0 aromatic carbocycles. The number of aryl methyl sites for hydroxylation is 1. The molecule has 3 aromatic rings. The summed E-state index contributed by atoms with van der Waals surface area (Å²) in [4.78, 5) is 42.4. The van der Waals surface area contributed by atoms with E-state index in [4.69, 9.17) is 0 Å². The molecule has 8 nitrogen and oxygen atoms in total. The third kappa shape index (κ3) is 2.55. The number of hydrogen-bond acceptors (Lipinski definition) is 5. The van der Waals surface area contributed by atoms with Gasteiger partial charge in [-0.1, -0.05) is 0 Å². The Morgan fingerprint density at radius 3 is 2.63 bits per heavy atom. The molecule has 0 bridgehead atoms. The van der Waals surface area contributed by atoms with Crippen molar-refractivity contribution in [2.75, 3.05) is 0 Å². The van der Waals surface area contributed by atoms with Crippen LogP contribution in [-0.4, -0.2) is 23.9 Å². The standard InChI is InChI=1S/C18H21N5O3S/c1-10-12(8-22-16(25)19-9-20-22)27-15-13(10)14(24)23(18(2)5-6-18)17(26)21(15)7-11-3-4-11/h9,11H,3-8H2,1-2H3,(H,19,20,25). The van der Waals surface area contributed by atoms with Crippen molar-refractivity contribution < 1.29 is 0 Å². The predicted molar refractivity (Wildman–Crippen MR) is 103 cm³/mol. The SMILES string of the molecule is Cc1c(Cn2nc[nH]c2=O)sc2c1c(=O)n(C1(C)CC1)c(=O)n2CC1CC1. The lowest BCUT2D eigenvalue weighted by molar-refractivity contribution is 0.459. The zero-order chi connectivity index (χ0) is 18.9. The van der Waals surface area contributed by atoms with E-state index >= 15 is 0 Å². The Balaban J connectivity index is 1.76. The summed E-state index contributed by atoms with van der Waals surface area (Å²) < 4.78 is 4.61. The maximum Gasteiger partial charge on any atom is 0.343 e. The Morgan fingerprint density at radius 1 is 1.30 bits per heavy atom. The highest BCUT2D eigenvalue weighted by atomic mass is 32.1. The quantitative estimate of drug-likeness (QED) is 0.716. The summed E-state index contributed by atoms with van der Waals surface area (Å²) in [7, 11) is 0. The molecule has 2 aliphatic rings. The Kier molecular flexibility index (Phi) is 3.43. The molecular weight excluding hydrogens is 366 g/mol. The number of hydrogen-bond donors (Lipinski definition) is 1. The molecule has 27 heavy (non-hydrogen) atoms. The summed E-state index contributed by atoms with van der Waals surface area (Å²) in [6.07, 6.45) is 5.33. The molecule has 0 spiro atoms. The van der Waals surface area contributed by atoms with E-state index in [9.17, 15) is 14.4 Å². The maximum absolute atomic E-state index is 13.3. The van der Waals surface area contributed by atoms with Crippen molar-refractivity contribution in [1.82, 2.24) is 23.9 Å². The minimum Gasteiger partial charge on any atom is -0.295 e. The number of nitrogens with one attached hydrogen (secondary N) is 1. The van der Waals surface area contributed by atoms with Gasteiger partial charge < -0.3 is 0 Å². The highest BCUT2D eigenvalue weighted by Gasteiger charge is 2.43. The molecule has 0 unspecified atom stereocenters. The minimum atomic E-state index is -0.360. The fraction of sp³-hybridized carbons (Fsp3) is 0.556. The lowest BCUT2D eigenvalue weighted by Crippen LogP contribution is -2.44. The second-order valence-electron chi connectivity index (χ2n) is 8.06. The number of aromatic amines is 1. The molecule has 1 N–H and O–H groups in total. The highest BCUT2D eigenvalue weighted by molar-refractivity contribution is 7.18. The summed E-state index contributed by atoms with van der Waals surface area (Å²) >= 11 is 1.43. The van der Waals surface area contributed by atoms with Crippen molar-refractivity contribution in [1.29, 1.82) is 0 Å². The first kappa shape index (κ1) is 16.7. The third-order valence-electron chi connectivity index (χ3n) is 5.88. The second kappa shape index (κ2) is 5.54. The molecule has 9 heteroatoms. The molecule has 0 saturated heterocycles. The van der Waals surface area contributed by atoms with E-state index < -0.39 is 0 Å². The first-order valence-electron chi connectivity index (χ1n) is 9.28. The maximum atomic E-state index is 13.3. The number of H-pyrrole nitrogens is 1. The van der Waals surface area contributed by atoms with E-state index in [1.54, 1.807) is 4.57 Å². The van der Waals surface area contributed by atoms with Crippen LogP contribution in [0.15, 0.2) is 20.7 Å². The van der Waals surface area contributed by atoms with E-state index in [1.807, 2.05) is 13.8 Å². The van der Waals surface area contributed by atoms with Crippen molar-refractivity contribution >= 4 is 21.6 Å². The summed E-state index contributed by atoms with van der Waals surface area (Å²) in [5.41, 5.74) is -0.190. The third-order valence-corrected chi connectivity index (χ3v) is 7.17. The van der Waals surface area contributed by atoms with E-state index in [0.29, 0.717) is 24.4 Å². The largest absolute Gasteiger partial charge is 0.343 e. The fourth-order valence-corrected chi connectivity index (χ4v) is 4.95. The molecule has 142 valence electrons. The van der Waals surface area contributed by atoms with Gasteiger partial charge >= 0.3 is 11.4 Å². The average molecular weight is 387 g/mol. The number of nitrogens with zero attached hydrogens (tertiary/aromatic N) is 4. The van der Waals surface area contributed by atoms with E-state index in [0.717, 1.165) is 41.0 Å². The Bertz CT molecular complexity index is 1230. The molecular formula is C18H21N5O3S. The predicted octanol–water partition coefficient (Wildman–Crippen LogP) is 1.39. The van der Waals surface area contributed by atoms with Gasteiger partial charge in [0.25, 0.3) is 5.56 Å². The molecule has 0 radical (unpaired) electrons. The first-order chi connectivity index (χ1) is 12.9. The zero-order valence-electron chi connectivity index (χ0n) is 15.3. The Morgan fingerprint density at radius 2 is 2.04 bits per heavy atom. The van der Waals surface area contributed by atoms with Crippen LogP contribution in [0.1, 0.15) is 43.0 Å². The number of fused-ring (bicyclic) bond motifs is 1. The normalized spacial score (nSPS) is 18.3. The summed E-state index contributed by atoms with van der Waals surface area (Å²) in [6, 6.07) is 0. The van der Waals surface area contributed by atoms with Crippen LogP contribution >= 0.6 is 11.3 Å². The van der Waals surface area contributed by atoms with Gasteiger partial charge in [-0.25, -0.2) is 14.3 Å². The summed E-state index contributed by atoms with van der Waals surface area (Å²) in [5, 5.41) is 4.63. The molecule has 2 fully saturated rings. The van der Waals surface area contributed by atoms with Gasteiger partial charge in [-0.05, 0) is 51.0 Å². The van der Waals surface area contributed by atoms with Crippen LogP contribution in [0.2, 0.25) is 0 Å². The van der Waals surface area contributed by atoms with Crippen LogP contribution in [0.25, 0.3) is 10.2 Å². The topological polar surface area (TPSA) is 94.7 Å². The van der Waals surface area contributed by atoms with Gasteiger partial charge in [-0.3, -0.25) is 18.9 Å². The van der Waals surface area contributed by atoms with Gasteiger partial charge in [0.1, 0.15) is 11.2 Å². The molecule has 0 atom stereocenters. The summed E-state index contributed by atoms with van der Waals surface area (Å²) in [6.45, 7) is 4.84. The lowest BCUT2D eigenvalue weighted by Gasteiger charge is -2.16. The lowest BCUT2D eigenvalue weighted by atomic mass is 10.2. The van der Waals surface area contributed by atoms with Gasteiger partial charge in [0, 0.05) is 11.4 Å². The van der Waals surface area contributed by atoms with E-state index in [1.165, 1.54) is 26.9 Å². The molecule has 0 aliphatic heterocycles. The molecule has 2 saturated carbocycles. The van der Waals surface area contributed by atoms with Crippen molar-refractivity contribution in [2.45, 2.75) is 58.2 Å². The van der Waals surface area contributed by atoms with Crippen LogP contribution in [-0.2, 0) is 18.6 Å². The van der Waals surface area contributed by atoms with E-state index in [2.05, 4.69) is 10.1 Å². The summed E-state index contributed by atoms with van der Waals surface area (Å²) in [5.74, 6) is 0.517. The van der Waals surface area contributed by atoms with Crippen molar-refractivity contribution in [3.05, 3.63) is 48.1 Å². The smallest absolute Gasteiger partial charge is 0.295 e. The number of rotatable bonds is 5. The molecule has 0 amide bonds. The Hall–Kier alpha value is -2.42. The van der Waals surface area contributed by atoms with Gasteiger partial charge in [0.05, 0.1) is 17.5 Å². The number of aromatic nitrogens is 5. The van der Waals surface area contributed by atoms with Crippen molar-refractivity contribution in [3.8, 4) is 0 Å². The highest BCUT2D eigenvalue weighted by Crippen LogP contribution is 2.41. The van der Waals surface area contributed by atoms with Gasteiger partial charge in [-0.2, -0.15) is 5.10 Å². The van der Waals surface area contributed by atoms with Crippen LogP contribution in [0.5, 0.6) is 0 Å². The van der Waals surface area contributed by atoms with Gasteiger partial charge in [0.2, 0.25) is 0 Å². The number of thiophene rings is 1. The molecule has 5 rings (SSSR count).